The van der Waals surface area contributed by atoms with Crippen molar-refractivity contribution < 1.29 is 18.6 Å². The number of nitro groups is 1. The third-order valence-corrected chi connectivity index (χ3v) is 3.00. The summed E-state index contributed by atoms with van der Waals surface area (Å²) < 4.78 is 18.6. The molecule has 1 aromatic carbocycles. The Balaban J connectivity index is 1.96. The molecular weight excluding hydrogens is 307 g/mol. The fourth-order valence-corrected chi connectivity index (χ4v) is 1.76. The van der Waals surface area contributed by atoms with Gasteiger partial charge in [-0.2, -0.15) is 4.98 Å². The fourth-order valence-electron chi connectivity index (χ4n) is 1.76. The molecule has 0 radical (unpaired) electrons. The molecule has 0 aliphatic heterocycles. The number of aryl methyl sites for hydroxylation is 1. The van der Waals surface area contributed by atoms with E-state index in [0.717, 1.165) is 18.2 Å². The van der Waals surface area contributed by atoms with E-state index in [0.29, 0.717) is 11.7 Å². The van der Waals surface area contributed by atoms with Crippen molar-refractivity contribution >= 4 is 17.3 Å². The van der Waals surface area contributed by atoms with Gasteiger partial charge in [-0.3, -0.25) is 14.9 Å². The third-order valence-electron chi connectivity index (χ3n) is 3.00. The summed E-state index contributed by atoms with van der Waals surface area (Å²) in [5, 5.41) is 16.7. The number of hydrogen-bond acceptors (Lipinski definition) is 6. The van der Waals surface area contributed by atoms with Gasteiger partial charge in [0.25, 0.3) is 5.69 Å². The van der Waals surface area contributed by atoms with Gasteiger partial charge < -0.3 is 9.84 Å². The number of amides is 1. The zero-order chi connectivity index (χ0) is 17.0. The maximum Gasteiger partial charge on any atom is 0.271 e. The van der Waals surface area contributed by atoms with E-state index < -0.39 is 16.6 Å². The lowest BCUT2D eigenvalue weighted by atomic mass is 10.2. The molecule has 1 aromatic heterocycles. The monoisotopic (exact) mass is 322 g/mol. The number of nitrogens with one attached hydrogen (secondary N) is 1. The van der Waals surface area contributed by atoms with Crippen LogP contribution >= 0.6 is 0 Å². The first kappa shape index (κ1) is 16.5. The molecule has 1 heterocycles. The lowest BCUT2D eigenvalue weighted by molar-refractivity contribution is -0.384. The summed E-state index contributed by atoms with van der Waals surface area (Å²) in [5.41, 5.74) is -0.544. The molecule has 122 valence electrons. The van der Waals surface area contributed by atoms with Crippen molar-refractivity contribution in [3.05, 3.63) is 45.8 Å². The number of non-ortho nitro benzene ring substituents is 1. The maximum atomic E-state index is 13.6. The van der Waals surface area contributed by atoms with E-state index in [1.807, 2.05) is 13.8 Å². The zero-order valence-corrected chi connectivity index (χ0v) is 12.6. The normalized spacial score (nSPS) is 10.8. The highest BCUT2D eigenvalue weighted by Crippen LogP contribution is 2.21. The van der Waals surface area contributed by atoms with Crippen LogP contribution in [0.2, 0.25) is 0 Å². The van der Waals surface area contributed by atoms with Gasteiger partial charge in [-0.05, 0) is 6.07 Å². The molecule has 0 aliphatic rings. The summed E-state index contributed by atoms with van der Waals surface area (Å²) in [4.78, 5) is 25.9. The minimum absolute atomic E-state index is 0.0120. The second-order valence-electron chi connectivity index (χ2n) is 5.17. The van der Waals surface area contributed by atoms with E-state index in [9.17, 15) is 19.3 Å². The number of hydrogen-bond donors (Lipinski definition) is 1. The highest BCUT2D eigenvalue weighted by Gasteiger charge is 2.15. The first-order valence-corrected chi connectivity index (χ1v) is 6.93. The van der Waals surface area contributed by atoms with Gasteiger partial charge in [0.1, 0.15) is 5.82 Å². The second-order valence-corrected chi connectivity index (χ2v) is 5.17. The first-order valence-electron chi connectivity index (χ1n) is 6.93. The number of benzene rings is 1. The summed E-state index contributed by atoms with van der Waals surface area (Å²) in [6.45, 7) is 3.82. The van der Waals surface area contributed by atoms with E-state index in [2.05, 4.69) is 15.5 Å². The number of halogens is 1. The van der Waals surface area contributed by atoms with Crippen LogP contribution < -0.4 is 5.32 Å². The zero-order valence-electron chi connectivity index (χ0n) is 12.6. The van der Waals surface area contributed by atoms with Crippen LogP contribution in [0.5, 0.6) is 0 Å². The molecule has 9 heteroatoms. The minimum Gasteiger partial charge on any atom is -0.339 e. The van der Waals surface area contributed by atoms with Gasteiger partial charge in [0, 0.05) is 30.9 Å². The Kier molecular flexibility index (Phi) is 4.99. The number of carbonyl (C=O) groups is 1. The number of rotatable bonds is 6. The average molecular weight is 322 g/mol. The Labute approximate surface area is 130 Å². The Morgan fingerprint density at radius 1 is 1.48 bits per heavy atom. The molecule has 0 saturated carbocycles. The minimum atomic E-state index is -0.746. The van der Waals surface area contributed by atoms with Gasteiger partial charge in [-0.25, -0.2) is 4.39 Å². The van der Waals surface area contributed by atoms with Crippen molar-refractivity contribution in [2.45, 2.75) is 32.6 Å². The lowest BCUT2D eigenvalue weighted by Gasteiger charge is -2.05. The summed E-state index contributed by atoms with van der Waals surface area (Å²) >= 11 is 0. The van der Waals surface area contributed by atoms with E-state index in [4.69, 9.17) is 4.52 Å². The molecule has 2 rings (SSSR count). The number of aromatic nitrogens is 2. The van der Waals surface area contributed by atoms with Crippen molar-refractivity contribution in [1.29, 1.82) is 0 Å². The molecule has 0 atom stereocenters. The molecule has 0 fully saturated rings. The smallest absolute Gasteiger partial charge is 0.271 e. The molecule has 23 heavy (non-hydrogen) atoms. The molecule has 8 nitrogen and oxygen atoms in total. The van der Waals surface area contributed by atoms with Gasteiger partial charge >= 0.3 is 0 Å². The van der Waals surface area contributed by atoms with Crippen LogP contribution in [0.25, 0.3) is 0 Å². The van der Waals surface area contributed by atoms with E-state index in [1.165, 1.54) is 0 Å². The van der Waals surface area contributed by atoms with E-state index >= 15 is 0 Å². The van der Waals surface area contributed by atoms with Crippen molar-refractivity contribution in [3.63, 3.8) is 0 Å². The molecule has 0 unspecified atom stereocenters. The van der Waals surface area contributed by atoms with Crippen LogP contribution in [-0.4, -0.2) is 21.0 Å². The SMILES string of the molecule is CC(C)c1noc(CCC(=O)Nc2cc([N+](=O)[O-])ccc2F)n1. The van der Waals surface area contributed by atoms with Crippen molar-refractivity contribution in [1.82, 2.24) is 10.1 Å². The van der Waals surface area contributed by atoms with Crippen LogP contribution in [0, 0.1) is 15.9 Å². The van der Waals surface area contributed by atoms with Gasteiger partial charge in [0.05, 0.1) is 10.6 Å². The predicted molar refractivity (Wildman–Crippen MR) is 78.4 cm³/mol. The van der Waals surface area contributed by atoms with Gasteiger partial charge in [-0.1, -0.05) is 19.0 Å². The van der Waals surface area contributed by atoms with Gasteiger partial charge in [-0.15, -0.1) is 0 Å². The predicted octanol–water partition coefficient (Wildman–Crippen LogP) is 2.81. The third kappa shape index (κ3) is 4.31. The van der Waals surface area contributed by atoms with Crippen LogP contribution in [0.4, 0.5) is 15.8 Å². The molecule has 1 N–H and O–H groups in total. The van der Waals surface area contributed by atoms with Crippen molar-refractivity contribution in [3.8, 4) is 0 Å². The first-order chi connectivity index (χ1) is 10.9. The van der Waals surface area contributed by atoms with Gasteiger partial charge in [0.15, 0.2) is 5.82 Å². The van der Waals surface area contributed by atoms with Crippen LogP contribution in [0.1, 0.15) is 37.9 Å². The molecule has 0 aliphatic carbocycles. The average Bonchev–Trinajstić information content (AvgIpc) is 2.96. The topological polar surface area (TPSA) is 111 Å². The largest absolute Gasteiger partial charge is 0.339 e. The molecule has 0 saturated heterocycles. The molecule has 2 aromatic rings. The Morgan fingerprint density at radius 3 is 2.83 bits per heavy atom. The Hall–Kier alpha value is -2.84. The summed E-state index contributed by atoms with van der Waals surface area (Å²) in [5.74, 6) is -0.286. The molecule has 0 bridgehead atoms. The standard InChI is InChI=1S/C14H15FN4O4/c1-8(2)14-17-13(23-18-14)6-5-12(20)16-11-7-9(19(21)22)3-4-10(11)15/h3-4,7-8H,5-6H2,1-2H3,(H,16,20). The van der Waals surface area contributed by atoms with Crippen LogP contribution in [0.3, 0.4) is 0 Å². The number of nitro benzene ring substituents is 1. The van der Waals surface area contributed by atoms with E-state index in [-0.39, 0.29) is 30.1 Å². The van der Waals surface area contributed by atoms with Gasteiger partial charge in [0.2, 0.25) is 11.8 Å². The number of carbonyl (C=O) groups excluding carboxylic acids is 1. The van der Waals surface area contributed by atoms with Crippen molar-refractivity contribution in [2.75, 3.05) is 5.32 Å². The lowest BCUT2D eigenvalue weighted by Crippen LogP contribution is -2.13. The fraction of sp³-hybridized carbons (Fsp3) is 0.357. The summed E-state index contributed by atoms with van der Waals surface area (Å²) in [7, 11) is 0. The highest BCUT2D eigenvalue weighted by atomic mass is 19.1. The Morgan fingerprint density at radius 2 is 2.22 bits per heavy atom. The molecule has 0 spiro atoms. The van der Waals surface area contributed by atoms with Crippen LogP contribution in [-0.2, 0) is 11.2 Å². The summed E-state index contributed by atoms with van der Waals surface area (Å²) in [6, 6.07) is 2.92. The Bertz CT molecular complexity index is 729. The molecule has 1 amide bonds. The van der Waals surface area contributed by atoms with Crippen LogP contribution in [0.15, 0.2) is 22.7 Å². The summed E-state index contributed by atoms with van der Waals surface area (Å²) in [6.07, 6.45) is 0.184. The highest BCUT2D eigenvalue weighted by molar-refractivity contribution is 5.91. The van der Waals surface area contributed by atoms with Crippen molar-refractivity contribution in [2.24, 2.45) is 0 Å². The maximum absolute atomic E-state index is 13.6. The number of nitrogens with zero attached hydrogens (tertiary/aromatic N) is 3. The van der Waals surface area contributed by atoms with E-state index in [1.54, 1.807) is 0 Å². The number of anilines is 1. The molecular formula is C14H15FN4O4. The second kappa shape index (κ2) is 6.95. The quantitative estimate of drug-likeness (QED) is 0.646.